The van der Waals surface area contributed by atoms with Crippen LogP contribution in [-0.4, -0.2) is 22.5 Å². The van der Waals surface area contributed by atoms with Crippen molar-refractivity contribution < 1.29 is 10.0 Å². The van der Waals surface area contributed by atoms with Gasteiger partial charge in [0.05, 0.1) is 4.88 Å². The van der Waals surface area contributed by atoms with E-state index in [-0.39, 0.29) is 11.7 Å². The Morgan fingerprint density at radius 2 is 2.15 bits per heavy atom. The summed E-state index contributed by atoms with van der Waals surface area (Å²) in [5.74, 6) is 0.561. The SMILES string of the molecule is Cc1ccc(C(=O)NC2(/C(N)=N/O)CCC(C)CC2)s1. The Kier molecular flexibility index (Phi) is 4.32. The molecule has 110 valence electrons. The molecule has 0 bridgehead atoms. The molecule has 1 aromatic rings. The zero-order valence-electron chi connectivity index (χ0n) is 11.8. The minimum absolute atomic E-state index is 0.103. The molecule has 2 rings (SSSR count). The Bertz CT molecular complexity index is 516. The number of carbonyl (C=O) groups is 1. The highest BCUT2D eigenvalue weighted by atomic mass is 32.1. The number of aryl methyl sites for hydroxylation is 1. The molecule has 0 radical (unpaired) electrons. The van der Waals surface area contributed by atoms with Gasteiger partial charge in [-0.15, -0.1) is 11.3 Å². The molecule has 0 saturated heterocycles. The minimum Gasteiger partial charge on any atom is -0.409 e. The lowest BCUT2D eigenvalue weighted by molar-refractivity contribution is 0.0901. The average Bonchev–Trinajstić information content (AvgIpc) is 2.87. The predicted molar refractivity (Wildman–Crippen MR) is 80.3 cm³/mol. The van der Waals surface area contributed by atoms with Crippen molar-refractivity contribution in [2.45, 2.75) is 45.1 Å². The van der Waals surface area contributed by atoms with E-state index >= 15 is 0 Å². The summed E-state index contributed by atoms with van der Waals surface area (Å²) in [7, 11) is 0. The van der Waals surface area contributed by atoms with Crippen LogP contribution in [0.2, 0.25) is 0 Å². The van der Waals surface area contributed by atoms with E-state index in [4.69, 9.17) is 10.9 Å². The van der Waals surface area contributed by atoms with Crippen LogP contribution in [0.4, 0.5) is 0 Å². The van der Waals surface area contributed by atoms with Crippen LogP contribution < -0.4 is 11.1 Å². The normalized spacial score (nSPS) is 27.3. The summed E-state index contributed by atoms with van der Waals surface area (Å²) in [6, 6.07) is 3.72. The Labute approximate surface area is 122 Å². The number of hydrogen-bond acceptors (Lipinski definition) is 4. The summed E-state index contributed by atoms with van der Waals surface area (Å²) in [4.78, 5) is 14.1. The van der Waals surface area contributed by atoms with Gasteiger partial charge in [0.15, 0.2) is 5.84 Å². The van der Waals surface area contributed by atoms with E-state index in [0.29, 0.717) is 23.6 Å². The third-order valence-electron chi connectivity index (χ3n) is 4.04. The Morgan fingerprint density at radius 3 is 2.65 bits per heavy atom. The summed E-state index contributed by atoms with van der Waals surface area (Å²) in [5.41, 5.74) is 5.14. The predicted octanol–water partition coefficient (Wildman–Crippen LogP) is 2.48. The van der Waals surface area contributed by atoms with Gasteiger partial charge < -0.3 is 16.3 Å². The summed E-state index contributed by atoms with van der Waals surface area (Å²) >= 11 is 1.45. The topological polar surface area (TPSA) is 87.7 Å². The van der Waals surface area contributed by atoms with E-state index in [2.05, 4.69) is 17.4 Å². The molecule has 0 aromatic carbocycles. The largest absolute Gasteiger partial charge is 0.409 e. The number of thiophene rings is 1. The second-order valence-electron chi connectivity index (χ2n) is 5.61. The first-order valence-corrected chi connectivity index (χ1v) is 7.65. The molecular formula is C14H21N3O2S. The first-order chi connectivity index (χ1) is 9.47. The van der Waals surface area contributed by atoms with Gasteiger partial charge in [-0.05, 0) is 50.7 Å². The molecular weight excluding hydrogens is 274 g/mol. The van der Waals surface area contributed by atoms with Crippen molar-refractivity contribution in [2.24, 2.45) is 16.8 Å². The molecule has 5 nitrogen and oxygen atoms in total. The molecule has 1 amide bonds. The molecule has 6 heteroatoms. The maximum Gasteiger partial charge on any atom is 0.262 e. The van der Waals surface area contributed by atoms with E-state index in [1.807, 2.05) is 13.0 Å². The fraction of sp³-hybridized carbons (Fsp3) is 0.571. The second kappa shape index (κ2) is 5.83. The monoisotopic (exact) mass is 295 g/mol. The van der Waals surface area contributed by atoms with E-state index in [9.17, 15) is 4.79 Å². The van der Waals surface area contributed by atoms with Gasteiger partial charge in [-0.2, -0.15) is 0 Å². The number of amides is 1. The fourth-order valence-electron chi connectivity index (χ4n) is 2.63. The van der Waals surface area contributed by atoms with E-state index in [0.717, 1.165) is 17.7 Å². The summed E-state index contributed by atoms with van der Waals surface area (Å²) in [6.45, 7) is 4.14. The first-order valence-electron chi connectivity index (χ1n) is 6.84. The Morgan fingerprint density at radius 1 is 1.50 bits per heavy atom. The van der Waals surface area contributed by atoms with Crippen LogP contribution >= 0.6 is 11.3 Å². The Hall–Kier alpha value is -1.56. The number of oxime groups is 1. The molecule has 4 N–H and O–H groups in total. The highest BCUT2D eigenvalue weighted by Crippen LogP contribution is 2.32. The van der Waals surface area contributed by atoms with Crippen molar-refractivity contribution in [1.29, 1.82) is 0 Å². The molecule has 0 aliphatic heterocycles. The van der Waals surface area contributed by atoms with Crippen LogP contribution in [0.3, 0.4) is 0 Å². The molecule has 0 unspecified atom stereocenters. The van der Waals surface area contributed by atoms with Crippen LogP contribution in [0.1, 0.15) is 47.2 Å². The first kappa shape index (κ1) is 14.8. The molecule has 1 fully saturated rings. The average molecular weight is 295 g/mol. The standard InChI is InChI=1S/C14H21N3O2S/c1-9-5-7-14(8-6-9,13(15)17-19)16-12(18)11-4-3-10(2)20-11/h3-4,9,19H,5-8H2,1-2H3,(H2,15,17)(H,16,18). The van der Waals surface area contributed by atoms with Crippen LogP contribution in [-0.2, 0) is 0 Å². The highest BCUT2D eigenvalue weighted by molar-refractivity contribution is 7.13. The molecule has 1 heterocycles. The van der Waals surface area contributed by atoms with E-state index in [1.165, 1.54) is 11.3 Å². The number of hydrogen-bond donors (Lipinski definition) is 3. The molecule has 20 heavy (non-hydrogen) atoms. The van der Waals surface area contributed by atoms with Gasteiger partial charge in [0.2, 0.25) is 0 Å². The number of amidine groups is 1. The van der Waals surface area contributed by atoms with Gasteiger partial charge >= 0.3 is 0 Å². The summed E-state index contributed by atoms with van der Waals surface area (Å²) in [5, 5.41) is 15.2. The van der Waals surface area contributed by atoms with E-state index < -0.39 is 5.54 Å². The number of nitrogens with one attached hydrogen (secondary N) is 1. The third-order valence-corrected chi connectivity index (χ3v) is 5.04. The number of nitrogens with two attached hydrogens (primary N) is 1. The Balaban J connectivity index is 2.18. The quantitative estimate of drug-likeness (QED) is 0.346. The lowest BCUT2D eigenvalue weighted by atomic mass is 9.76. The maximum atomic E-state index is 12.3. The second-order valence-corrected chi connectivity index (χ2v) is 6.90. The summed E-state index contributed by atoms with van der Waals surface area (Å²) < 4.78 is 0. The number of nitrogens with zero attached hydrogens (tertiary/aromatic N) is 1. The van der Waals surface area contributed by atoms with Gasteiger partial charge in [-0.3, -0.25) is 4.79 Å². The smallest absolute Gasteiger partial charge is 0.262 e. The molecule has 0 atom stereocenters. The third kappa shape index (κ3) is 2.95. The van der Waals surface area contributed by atoms with Gasteiger partial charge in [-0.1, -0.05) is 12.1 Å². The molecule has 1 aromatic heterocycles. The molecule has 1 aliphatic rings. The number of carbonyl (C=O) groups excluding carboxylic acids is 1. The van der Waals surface area contributed by atoms with Crippen molar-refractivity contribution in [3.8, 4) is 0 Å². The summed E-state index contributed by atoms with van der Waals surface area (Å²) in [6.07, 6.45) is 3.33. The lowest BCUT2D eigenvalue weighted by Crippen LogP contribution is -2.59. The fourth-order valence-corrected chi connectivity index (χ4v) is 3.39. The lowest BCUT2D eigenvalue weighted by Gasteiger charge is -2.38. The van der Waals surface area contributed by atoms with Crippen LogP contribution in [0.25, 0.3) is 0 Å². The van der Waals surface area contributed by atoms with Gasteiger partial charge in [0.25, 0.3) is 5.91 Å². The van der Waals surface area contributed by atoms with Crippen molar-refractivity contribution in [3.63, 3.8) is 0 Å². The highest BCUT2D eigenvalue weighted by Gasteiger charge is 2.40. The number of rotatable bonds is 3. The molecule has 0 spiro atoms. The van der Waals surface area contributed by atoms with Crippen molar-refractivity contribution in [3.05, 3.63) is 21.9 Å². The van der Waals surface area contributed by atoms with Crippen LogP contribution in [0.5, 0.6) is 0 Å². The van der Waals surface area contributed by atoms with Gasteiger partial charge in [0, 0.05) is 4.88 Å². The van der Waals surface area contributed by atoms with Crippen molar-refractivity contribution in [1.82, 2.24) is 5.32 Å². The minimum atomic E-state index is -0.712. The molecule has 1 aliphatic carbocycles. The van der Waals surface area contributed by atoms with E-state index in [1.54, 1.807) is 6.07 Å². The van der Waals surface area contributed by atoms with Crippen molar-refractivity contribution >= 4 is 23.1 Å². The zero-order valence-corrected chi connectivity index (χ0v) is 12.7. The van der Waals surface area contributed by atoms with Crippen molar-refractivity contribution in [2.75, 3.05) is 0 Å². The van der Waals surface area contributed by atoms with Crippen LogP contribution in [0, 0.1) is 12.8 Å². The maximum absolute atomic E-state index is 12.3. The molecule has 1 saturated carbocycles. The zero-order chi connectivity index (χ0) is 14.8. The van der Waals surface area contributed by atoms with Gasteiger partial charge in [-0.25, -0.2) is 0 Å². The van der Waals surface area contributed by atoms with Crippen LogP contribution in [0.15, 0.2) is 17.3 Å². The van der Waals surface area contributed by atoms with Gasteiger partial charge in [0.1, 0.15) is 5.54 Å².